The highest BCUT2D eigenvalue weighted by atomic mass is 16.3. The van der Waals surface area contributed by atoms with Crippen molar-refractivity contribution in [3.05, 3.63) is 0 Å². The van der Waals surface area contributed by atoms with Gasteiger partial charge in [0.05, 0.1) is 12.6 Å². The van der Waals surface area contributed by atoms with Gasteiger partial charge in [-0.15, -0.1) is 0 Å². The summed E-state index contributed by atoms with van der Waals surface area (Å²) < 4.78 is 0. The summed E-state index contributed by atoms with van der Waals surface area (Å²) in [5, 5.41) is 12.4. The summed E-state index contributed by atoms with van der Waals surface area (Å²) in [7, 11) is 0. The van der Waals surface area contributed by atoms with E-state index in [1.807, 2.05) is 0 Å². The number of carbonyl (C=O) groups excluding carboxylic acids is 1. The Balaban J connectivity index is 1.81. The average molecular weight is 239 g/mol. The molecule has 3 atom stereocenters. The molecule has 0 aromatic carbocycles. The van der Waals surface area contributed by atoms with Crippen LogP contribution in [0.2, 0.25) is 0 Å². The van der Waals surface area contributed by atoms with E-state index in [2.05, 4.69) is 26.1 Å². The highest BCUT2D eigenvalue weighted by Crippen LogP contribution is 2.57. The van der Waals surface area contributed by atoms with Crippen LogP contribution in [0.5, 0.6) is 0 Å². The molecule has 2 fully saturated rings. The average Bonchev–Trinajstić information content (AvgIpc) is 2.70. The third-order valence-electron chi connectivity index (χ3n) is 4.13. The number of amides is 1. The molecule has 2 saturated carbocycles. The van der Waals surface area contributed by atoms with E-state index in [0.717, 1.165) is 6.42 Å². The molecule has 0 radical (unpaired) electrons. The van der Waals surface area contributed by atoms with Crippen LogP contribution in [-0.2, 0) is 4.79 Å². The number of nitrogens with one attached hydrogen (secondary N) is 1. The fraction of sp³-hybridized carbons (Fsp3) is 0.929. The van der Waals surface area contributed by atoms with E-state index < -0.39 is 0 Å². The smallest absolute Gasteiger partial charge is 0.223 e. The Kier molecular flexibility index (Phi) is 3.48. The SMILES string of the molecule is CC(C)(C)CC(CO)NC(=O)C1C2CCCC21. The van der Waals surface area contributed by atoms with Gasteiger partial charge in [0.1, 0.15) is 0 Å². The molecule has 3 nitrogen and oxygen atoms in total. The molecule has 0 saturated heterocycles. The van der Waals surface area contributed by atoms with Crippen molar-refractivity contribution in [1.82, 2.24) is 5.32 Å². The number of fused-ring (bicyclic) bond motifs is 1. The maximum atomic E-state index is 12.1. The summed E-state index contributed by atoms with van der Waals surface area (Å²) in [5.41, 5.74) is 0.139. The molecule has 17 heavy (non-hydrogen) atoms. The minimum Gasteiger partial charge on any atom is -0.394 e. The quantitative estimate of drug-likeness (QED) is 0.787. The van der Waals surface area contributed by atoms with E-state index in [1.165, 1.54) is 19.3 Å². The second kappa shape index (κ2) is 4.60. The molecule has 0 spiro atoms. The molecule has 0 aliphatic heterocycles. The van der Waals surface area contributed by atoms with E-state index in [9.17, 15) is 9.90 Å². The first-order valence-corrected chi connectivity index (χ1v) is 6.83. The summed E-state index contributed by atoms with van der Waals surface area (Å²) in [6.45, 7) is 6.44. The fourth-order valence-electron chi connectivity index (χ4n) is 3.41. The van der Waals surface area contributed by atoms with Crippen LogP contribution in [0.1, 0.15) is 46.5 Å². The van der Waals surface area contributed by atoms with Crippen LogP contribution in [0.3, 0.4) is 0 Å². The molecule has 2 rings (SSSR count). The van der Waals surface area contributed by atoms with Crippen molar-refractivity contribution in [3.8, 4) is 0 Å². The number of carbonyl (C=O) groups is 1. The van der Waals surface area contributed by atoms with Crippen LogP contribution in [-0.4, -0.2) is 23.7 Å². The maximum Gasteiger partial charge on any atom is 0.223 e. The third kappa shape index (κ3) is 3.01. The number of hydrogen-bond acceptors (Lipinski definition) is 2. The number of hydrogen-bond donors (Lipinski definition) is 2. The first-order chi connectivity index (χ1) is 7.92. The van der Waals surface area contributed by atoms with E-state index in [4.69, 9.17) is 0 Å². The van der Waals surface area contributed by atoms with Crippen molar-refractivity contribution in [2.45, 2.75) is 52.5 Å². The number of rotatable bonds is 4. The molecule has 98 valence electrons. The van der Waals surface area contributed by atoms with Crippen molar-refractivity contribution in [1.29, 1.82) is 0 Å². The predicted molar refractivity (Wildman–Crippen MR) is 67.4 cm³/mol. The first kappa shape index (κ1) is 12.9. The molecule has 0 aromatic heterocycles. The van der Waals surface area contributed by atoms with Crippen molar-refractivity contribution in [2.75, 3.05) is 6.61 Å². The zero-order chi connectivity index (χ0) is 12.6. The molecule has 2 aliphatic rings. The molecular weight excluding hydrogens is 214 g/mol. The summed E-state index contributed by atoms with van der Waals surface area (Å²) in [4.78, 5) is 12.1. The minimum atomic E-state index is -0.0798. The molecule has 3 unspecified atom stereocenters. The summed E-state index contributed by atoms with van der Waals surface area (Å²) >= 11 is 0. The molecule has 2 aliphatic carbocycles. The zero-order valence-corrected chi connectivity index (χ0v) is 11.2. The third-order valence-corrected chi connectivity index (χ3v) is 4.13. The van der Waals surface area contributed by atoms with Gasteiger partial charge in [-0.1, -0.05) is 27.2 Å². The summed E-state index contributed by atoms with van der Waals surface area (Å²) in [6, 6.07) is -0.0798. The van der Waals surface area contributed by atoms with Crippen LogP contribution in [0.25, 0.3) is 0 Å². The zero-order valence-electron chi connectivity index (χ0n) is 11.2. The predicted octanol–water partition coefficient (Wildman–Crippen LogP) is 1.95. The van der Waals surface area contributed by atoms with Gasteiger partial charge in [-0.2, -0.15) is 0 Å². The summed E-state index contributed by atoms with van der Waals surface area (Å²) in [6.07, 6.45) is 4.58. The van der Waals surface area contributed by atoms with Crippen LogP contribution in [0.15, 0.2) is 0 Å². The second-order valence-corrected chi connectivity index (χ2v) is 6.94. The van der Waals surface area contributed by atoms with E-state index >= 15 is 0 Å². The lowest BCUT2D eigenvalue weighted by Gasteiger charge is -2.25. The van der Waals surface area contributed by atoms with Gasteiger partial charge in [-0.3, -0.25) is 4.79 Å². The number of aliphatic hydroxyl groups excluding tert-OH is 1. The largest absolute Gasteiger partial charge is 0.394 e. The van der Waals surface area contributed by atoms with Gasteiger partial charge < -0.3 is 10.4 Å². The van der Waals surface area contributed by atoms with Crippen LogP contribution < -0.4 is 5.32 Å². The Morgan fingerprint density at radius 1 is 1.35 bits per heavy atom. The van der Waals surface area contributed by atoms with Gasteiger partial charge in [0.2, 0.25) is 5.91 Å². The molecule has 0 aromatic rings. The number of aliphatic hydroxyl groups is 1. The molecule has 0 bridgehead atoms. The molecule has 0 heterocycles. The first-order valence-electron chi connectivity index (χ1n) is 6.83. The van der Waals surface area contributed by atoms with Crippen molar-refractivity contribution < 1.29 is 9.90 Å². The van der Waals surface area contributed by atoms with E-state index in [1.54, 1.807) is 0 Å². The van der Waals surface area contributed by atoms with Gasteiger partial charge in [-0.05, 0) is 36.5 Å². The van der Waals surface area contributed by atoms with Crippen LogP contribution in [0.4, 0.5) is 0 Å². The Morgan fingerprint density at radius 2 is 1.94 bits per heavy atom. The second-order valence-electron chi connectivity index (χ2n) is 6.94. The Hall–Kier alpha value is -0.570. The van der Waals surface area contributed by atoms with Gasteiger partial charge in [0, 0.05) is 5.92 Å². The topological polar surface area (TPSA) is 49.3 Å². The molecule has 3 heteroatoms. The van der Waals surface area contributed by atoms with Crippen molar-refractivity contribution in [3.63, 3.8) is 0 Å². The fourth-order valence-corrected chi connectivity index (χ4v) is 3.41. The Labute approximate surface area is 104 Å². The molecular formula is C14H25NO2. The van der Waals surface area contributed by atoms with E-state index in [-0.39, 0.29) is 29.9 Å². The van der Waals surface area contributed by atoms with Crippen LogP contribution >= 0.6 is 0 Å². The van der Waals surface area contributed by atoms with Gasteiger partial charge >= 0.3 is 0 Å². The monoisotopic (exact) mass is 239 g/mol. The van der Waals surface area contributed by atoms with Crippen molar-refractivity contribution >= 4 is 5.91 Å². The van der Waals surface area contributed by atoms with Crippen LogP contribution in [0, 0.1) is 23.2 Å². The maximum absolute atomic E-state index is 12.1. The Bertz CT molecular complexity index is 285. The lowest BCUT2D eigenvalue weighted by molar-refractivity contribution is -0.124. The van der Waals surface area contributed by atoms with Gasteiger partial charge in [-0.25, -0.2) is 0 Å². The molecule has 1 amide bonds. The standard InChI is InChI=1S/C14H25NO2/c1-14(2,3)7-9(8-16)15-13(17)12-10-5-4-6-11(10)12/h9-12,16H,4-8H2,1-3H3,(H,15,17). The van der Waals surface area contributed by atoms with Gasteiger partial charge in [0.15, 0.2) is 0 Å². The minimum absolute atomic E-state index is 0.0467. The molecule has 2 N–H and O–H groups in total. The van der Waals surface area contributed by atoms with E-state index in [0.29, 0.717) is 11.8 Å². The lowest BCUT2D eigenvalue weighted by Crippen LogP contribution is -2.41. The highest BCUT2D eigenvalue weighted by Gasteiger charge is 2.56. The normalized spacial score (nSPS) is 33.1. The van der Waals surface area contributed by atoms with Gasteiger partial charge in [0.25, 0.3) is 0 Å². The Morgan fingerprint density at radius 3 is 2.41 bits per heavy atom. The highest BCUT2D eigenvalue weighted by molar-refractivity contribution is 5.82. The summed E-state index contributed by atoms with van der Waals surface area (Å²) in [5.74, 6) is 1.76. The van der Waals surface area contributed by atoms with Crippen molar-refractivity contribution in [2.24, 2.45) is 23.2 Å². The lowest BCUT2D eigenvalue weighted by atomic mass is 9.88.